The van der Waals surface area contributed by atoms with Gasteiger partial charge in [0.25, 0.3) is 0 Å². The number of aliphatic hydroxyl groups is 1. The summed E-state index contributed by atoms with van der Waals surface area (Å²) in [5.74, 6) is 7.45. The van der Waals surface area contributed by atoms with Crippen molar-refractivity contribution in [2.24, 2.45) is 17.8 Å². The zero-order valence-electron chi connectivity index (χ0n) is 21.7. The van der Waals surface area contributed by atoms with E-state index in [-0.39, 0.29) is 19.5 Å². The van der Waals surface area contributed by atoms with Gasteiger partial charge in [-0.2, -0.15) is 13.1 Å². The summed E-state index contributed by atoms with van der Waals surface area (Å²) in [5.41, 5.74) is 0.698. The van der Waals surface area contributed by atoms with Crippen LogP contribution in [0.1, 0.15) is 44.1 Å². The summed E-state index contributed by atoms with van der Waals surface area (Å²) in [7, 11) is -4.17. The lowest BCUT2D eigenvalue weighted by Gasteiger charge is -2.17. The molecule has 3 amide bonds. The summed E-state index contributed by atoms with van der Waals surface area (Å²) in [6, 6.07) is 7.79. The third kappa shape index (κ3) is 11.1. The molecule has 1 saturated carbocycles. The molecule has 0 bridgehead atoms. The minimum absolute atomic E-state index is 0.0252. The van der Waals surface area contributed by atoms with E-state index in [1.807, 2.05) is 0 Å². The number of fused-ring (bicyclic) bond motifs is 1. The molecular formula is C26H36N4O8S. The van der Waals surface area contributed by atoms with E-state index in [9.17, 15) is 27.9 Å². The van der Waals surface area contributed by atoms with Crippen LogP contribution in [0.3, 0.4) is 0 Å². The molecule has 13 heteroatoms. The van der Waals surface area contributed by atoms with Gasteiger partial charge in [0.05, 0.1) is 19.3 Å². The smallest absolute Gasteiger partial charge is 0.421 e. The lowest BCUT2D eigenvalue weighted by Crippen LogP contribution is -2.44. The number of carbonyl (C=O) groups excluding carboxylic acids is 3. The molecular weight excluding hydrogens is 528 g/mol. The Morgan fingerprint density at radius 1 is 1.03 bits per heavy atom. The highest BCUT2D eigenvalue weighted by Gasteiger charge is 2.49. The number of amides is 3. The van der Waals surface area contributed by atoms with Crippen molar-refractivity contribution in [2.75, 3.05) is 26.4 Å². The summed E-state index contributed by atoms with van der Waals surface area (Å²) in [4.78, 5) is 35.9. The normalized spacial score (nSPS) is 20.5. The maximum atomic E-state index is 12.1. The van der Waals surface area contributed by atoms with Crippen LogP contribution in [-0.2, 0) is 31.0 Å². The summed E-state index contributed by atoms with van der Waals surface area (Å²) >= 11 is 0. The molecule has 5 N–H and O–H groups in total. The summed E-state index contributed by atoms with van der Waals surface area (Å²) < 4.78 is 38.0. The standard InChI is InChI=1S/C26H36N4O8S/c31-16-20(17-37-26(34)30-39(35,36)28-15-19-9-4-3-5-10-19)29-24(32)13-8-14-27-25(33)38-18-23-21-11-6-1-2-7-12-22(21)23/h3-5,9-10,20-23,28,31H,6-8,11-18H2,(H,27,33)(H,29,32)(H,30,34)/t20-,21-,22+,23?/m0/s1. The van der Waals surface area contributed by atoms with Crippen LogP contribution in [0.25, 0.3) is 0 Å². The average molecular weight is 565 g/mol. The molecule has 0 radical (unpaired) electrons. The van der Waals surface area contributed by atoms with Crippen molar-refractivity contribution in [3.05, 3.63) is 35.9 Å². The summed E-state index contributed by atoms with van der Waals surface area (Å²) in [5, 5.41) is 14.6. The topological polar surface area (TPSA) is 172 Å². The fraction of sp³-hybridized carbons (Fsp3) is 0.577. The molecule has 2 aliphatic carbocycles. The SMILES string of the molecule is O=C(CCCNC(=O)OCC1[C@H]2CCC#CCC[C@@H]12)N[C@@H](CO)COC(=O)NS(=O)(=O)NCc1ccccc1. The zero-order chi connectivity index (χ0) is 28.1. The van der Waals surface area contributed by atoms with Crippen molar-refractivity contribution in [3.8, 4) is 11.8 Å². The van der Waals surface area contributed by atoms with Gasteiger partial charge in [-0.3, -0.25) is 4.79 Å². The van der Waals surface area contributed by atoms with Gasteiger partial charge in [0, 0.05) is 32.4 Å². The van der Waals surface area contributed by atoms with Crippen molar-refractivity contribution in [2.45, 2.75) is 51.1 Å². The molecule has 1 aromatic carbocycles. The molecule has 1 unspecified atom stereocenters. The third-order valence-corrected chi connectivity index (χ3v) is 7.58. The number of rotatable bonds is 14. The summed E-state index contributed by atoms with van der Waals surface area (Å²) in [6.45, 7) is -0.380. The molecule has 214 valence electrons. The van der Waals surface area contributed by atoms with Crippen molar-refractivity contribution in [1.29, 1.82) is 0 Å². The number of aliphatic hydroxyl groups excluding tert-OH is 1. The molecule has 2 aliphatic rings. The molecule has 0 spiro atoms. The molecule has 0 saturated heterocycles. The Kier molecular flexibility index (Phi) is 11.9. The molecule has 0 heterocycles. The molecule has 39 heavy (non-hydrogen) atoms. The highest BCUT2D eigenvalue weighted by molar-refractivity contribution is 7.88. The van der Waals surface area contributed by atoms with E-state index in [1.165, 1.54) is 0 Å². The van der Waals surface area contributed by atoms with Gasteiger partial charge < -0.3 is 25.2 Å². The molecule has 1 fully saturated rings. The fourth-order valence-corrected chi connectivity index (χ4v) is 5.22. The van der Waals surface area contributed by atoms with Gasteiger partial charge in [-0.05, 0) is 42.6 Å². The maximum Gasteiger partial charge on any atom is 0.421 e. The van der Waals surface area contributed by atoms with Gasteiger partial charge in [0.2, 0.25) is 5.91 Å². The quantitative estimate of drug-likeness (QED) is 0.165. The van der Waals surface area contributed by atoms with Crippen molar-refractivity contribution in [3.63, 3.8) is 0 Å². The maximum absolute atomic E-state index is 12.1. The Morgan fingerprint density at radius 2 is 1.72 bits per heavy atom. The van der Waals surface area contributed by atoms with E-state index >= 15 is 0 Å². The minimum Gasteiger partial charge on any atom is -0.449 e. The van der Waals surface area contributed by atoms with Crippen LogP contribution in [0.15, 0.2) is 30.3 Å². The van der Waals surface area contributed by atoms with Crippen LogP contribution >= 0.6 is 0 Å². The Labute approximate surface area is 228 Å². The Bertz CT molecular complexity index is 1120. The van der Waals surface area contributed by atoms with Crippen LogP contribution in [0.5, 0.6) is 0 Å². The number of alkyl carbamates (subject to hydrolysis) is 1. The van der Waals surface area contributed by atoms with Crippen LogP contribution in [-0.4, -0.2) is 64.0 Å². The monoisotopic (exact) mass is 564 g/mol. The molecule has 1 aromatic rings. The first-order valence-corrected chi connectivity index (χ1v) is 14.5. The van der Waals surface area contributed by atoms with Crippen molar-refractivity contribution in [1.82, 2.24) is 20.1 Å². The van der Waals surface area contributed by atoms with Gasteiger partial charge in [0.15, 0.2) is 0 Å². The minimum atomic E-state index is -4.17. The van der Waals surface area contributed by atoms with E-state index in [0.717, 1.165) is 25.7 Å². The first kappa shape index (κ1) is 30.2. The molecule has 0 aliphatic heterocycles. The molecule has 12 nitrogen and oxygen atoms in total. The zero-order valence-corrected chi connectivity index (χ0v) is 22.5. The molecule has 4 atom stereocenters. The predicted octanol–water partition coefficient (Wildman–Crippen LogP) is 1.17. The number of benzene rings is 1. The van der Waals surface area contributed by atoms with Crippen LogP contribution in [0.4, 0.5) is 9.59 Å². The van der Waals surface area contributed by atoms with Gasteiger partial charge in [-0.25, -0.2) is 14.3 Å². The number of ether oxygens (including phenoxy) is 2. The predicted molar refractivity (Wildman–Crippen MR) is 141 cm³/mol. The number of hydrogen-bond donors (Lipinski definition) is 5. The lowest BCUT2D eigenvalue weighted by atomic mass is 10.1. The summed E-state index contributed by atoms with van der Waals surface area (Å²) in [6.07, 6.45) is 2.51. The van der Waals surface area contributed by atoms with Gasteiger partial charge in [0.1, 0.15) is 6.61 Å². The number of hydrogen-bond acceptors (Lipinski definition) is 8. The number of carbonyl (C=O) groups is 3. The highest BCUT2D eigenvalue weighted by Crippen LogP contribution is 2.52. The van der Waals surface area contributed by atoms with Crippen molar-refractivity contribution < 1.29 is 37.4 Å². The van der Waals surface area contributed by atoms with E-state index < -0.39 is 47.6 Å². The largest absolute Gasteiger partial charge is 0.449 e. The van der Waals surface area contributed by atoms with Crippen molar-refractivity contribution >= 4 is 28.3 Å². The van der Waals surface area contributed by atoms with Gasteiger partial charge >= 0.3 is 22.4 Å². The van der Waals surface area contributed by atoms with E-state index in [4.69, 9.17) is 9.47 Å². The second-order valence-electron chi connectivity index (χ2n) is 9.51. The molecule has 0 aromatic heterocycles. The first-order chi connectivity index (χ1) is 18.8. The van der Waals surface area contributed by atoms with Gasteiger partial charge in [-0.15, -0.1) is 11.8 Å². The Morgan fingerprint density at radius 3 is 2.38 bits per heavy atom. The second kappa shape index (κ2) is 15.3. The van der Waals surface area contributed by atoms with E-state index in [2.05, 4.69) is 27.2 Å². The Hall–Kier alpha value is -3.34. The third-order valence-electron chi connectivity index (χ3n) is 6.62. The van der Waals surface area contributed by atoms with Crippen LogP contribution in [0, 0.1) is 29.6 Å². The highest BCUT2D eigenvalue weighted by atomic mass is 32.2. The lowest BCUT2D eigenvalue weighted by molar-refractivity contribution is -0.122. The fourth-order valence-electron chi connectivity index (χ4n) is 4.51. The average Bonchev–Trinajstić information content (AvgIpc) is 3.55. The van der Waals surface area contributed by atoms with Crippen LogP contribution < -0.4 is 20.1 Å². The second-order valence-corrected chi connectivity index (χ2v) is 11.0. The Balaban J connectivity index is 1.23. The first-order valence-electron chi connectivity index (χ1n) is 13.0. The number of nitrogens with one attached hydrogen (secondary N) is 4. The van der Waals surface area contributed by atoms with E-state index in [0.29, 0.717) is 36.3 Å². The molecule has 3 rings (SSSR count). The van der Waals surface area contributed by atoms with Crippen LogP contribution in [0.2, 0.25) is 0 Å². The van der Waals surface area contributed by atoms with E-state index in [1.54, 1.807) is 35.1 Å². The van der Waals surface area contributed by atoms with Gasteiger partial charge in [-0.1, -0.05) is 30.3 Å².